The number of nitrogens with one attached hydrogen (secondary N) is 1. The Kier molecular flexibility index (Phi) is 5.18. The van der Waals surface area contributed by atoms with E-state index in [1.54, 1.807) is 48.2 Å². The third kappa shape index (κ3) is 3.83. The van der Waals surface area contributed by atoms with Crippen molar-refractivity contribution in [1.29, 1.82) is 0 Å². The topological polar surface area (TPSA) is 58.6 Å². The van der Waals surface area contributed by atoms with Gasteiger partial charge >= 0.3 is 0 Å². The van der Waals surface area contributed by atoms with Gasteiger partial charge in [0.25, 0.3) is 11.8 Å². The zero-order valence-electron chi connectivity index (χ0n) is 15.0. The molecule has 1 aliphatic heterocycles. The number of halogens is 1. The summed E-state index contributed by atoms with van der Waals surface area (Å²) in [6.45, 7) is 6.15. The van der Waals surface area contributed by atoms with Crippen LogP contribution in [0, 0.1) is 0 Å². The molecular formula is C20H21ClN2O3. The Balaban J connectivity index is 1.84. The number of anilines is 1. The molecule has 1 aliphatic rings. The molecule has 0 saturated heterocycles. The molecule has 1 heterocycles. The number of nitrogens with zero attached hydrogens (tertiary/aromatic N) is 1. The summed E-state index contributed by atoms with van der Waals surface area (Å²) < 4.78 is 5.79. The summed E-state index contributed by atoms with van der Waals surface area (Å²) in [6.07, 6.45) is -0.534. The predicted octanol–water partition coefficient (Wildman–Crippen LogP) is 4.11. The van der Waals surface area contributed by atoms with Crippen LogP contribution in [0.1, 0.15) is 36.7 Å². The Morgan fingerprint density at radius 1 is 1.23 bits per heavy atom. The van der Waals surface area contributed by atoms with Crippen molar-refractivity contribution in [3.05, 3.63) is 58.6 Å². The van der Waals surface area contributed by atoms with Crippen LogP contribution in [0.25, 0.3) is 0 Å². The van der Waals surface area contributed by atoms with Gasteiger partial charge in [0.2, 0.25) is 0 Å². The van der Waals surface area contributed by atoms with Crippen LogP contribution in [-0.2, 0) is 11.3 Å². The minimum absolute atomic E-state index is 0.0389. The van der Waals surface area contributed by atoms with E-state index in [4.69, 9.17) is 16.3 Å². The molecule has 0 aliphatic carbocycles. The van der Waals surface area contributed by atoms with Gasteiger partial charge in [-0.25, -0.2) is 0 Å². The van der Waals surface area contributed by atoms with Gasteiger partial charge in [-0.2, -0.15) is 0 Å². The molecule has 6 heteroatoms. The predicted molar refractivity (Wildman–Crippen MR) is 102 cm³/mol. The summed E-state index contributed by atoms with van der Waals surface area (Å²) >= 11 is 5.86. The molecule has 5 nitrogen and oxygen atoms in total. The molecule has 0 bridgehead atoms. The number of carbonyl (C=O) groups is 2. The fraction of sp³-hybridized carbons (Fsp3) is 0.300. The highest BCUT2D eigenvalue weighted by atomic mass is 35.5. The Bertz CT molecular complexity index is 833. The Morgan fingerprint density at radius 3 is 2.58 bits per heavy atom. The Labute approximate surface area is 157 Å². The maximum atomic E-state index is 12.5. The highest BCUT2D eigenvalue weighted by Crippen LogP contribution is 2.29. The summed E-state index contributed by atoms with van der Waals surface area (Å²) in [5.74, 6) is 0.405. The van der Waals surface area contributed by atoms with Crippen LogP contribution < -0.4 is 10.1 Å². The van der Waals surface area contributed by atoms with E-state index >= 15 is 0 Å². The van der Waals surface area contributed by atoms with Crippen LogP contribution in [0.4, 0.5) is 5.69 Å². The lowest BCUT2D eigenvalue weighted by Crippen LogP contribution is -2.41. The molecule has 2 amide bonds. The minimum Gasteiger partial charge on any atom is -0.481 e. The normalized spacial score (nSPS) is 16.7. The monoisotopic (exact) mass is 372 g/mol. The lowest BCUT2D eigenvalue weighted by molar-refractivity contribution is -0.139. The number of carbonyl (C=O) groups excluding carboxylic acids is 2. The summed E-state index contributed by atoms with van der Waals surface area (Å²) in [5.41, 5.74) is 2.04. The first kappa shape index (κ1) is 18.3. The largest absolute Gasteiger partial charge is 0.481 e. The van der Waals surface area contributed by atoms with Crippen LogP contribution in [0.15, 0.2) is 42.5 Å². The molecule has 1 N–H and O–H groups in total. The maximum Gasteiger partial charge on any atom is 0.263 e. The van der Waals surface area contributed by atoms with E-state index in [9.17, 15) is 9.59 Å². The van der Waals surface area contributed by atoms with Crippen molar-refractivity contribution < 1.29 is 14.3 Å². The lowest BCUT2D eigenvalue weighted by Gasteiger charge is -2.26. The molecule has 2 aromatic rings. The molecule has 136 valence electrons. The van der Waals surface area contributed by atoms with Crippen LogP contribution in [0.3, 0.4) is 0 Å². The molecule has 0 spiro atoms. The zero-order valence-corrected chi connectivity index (χ0v) is 15.7. The third-order valence-corrected chi connectivity index (χ3v) is 4.58. The standard InChI is InChI=1S/C20H21ClN2O3/c1-12(2)23-11-15-10-17(8-9-18(15)26-13(3)20(23)25)22-19(24)14-4-6-16(21)7-5-14/h4-10,12-13H,11H2,1-3H3,(H,22,24). The van der Waals surface area contributed by atoms with E-state index in [1.807, 2.05) is 19.9 Å². The van der Waals surface area contributed by atoms with Gasteiger partial charge in [-0.15, -0.1) is 0 Å². The first-order valence-electron chi connectivity index (χ1n) is 8.52. The second-order valence-corrected chi connectivity index (χ2v) is 7.04. The van der Waals surface area contributed by atoms with E-state index in [-0.39, 0.29) is 17.9 Å². The van der Waals surface area contributed by atoms with Crippen molar-refractivity contribution in [3.8, 4) is 5.75 Å². The van der Waals surface area contributed by atoms with Gasteiger partial charge in [-0.3, -0.25) is 9.59 Å². The number of benzene rings is 2. The van der Waals surface area contributed by atoms with E-state index < -0.39 is 6.10 Å². The molecule has 1 atom stereocenters. The lowest BCUT2D eigenvalue weighted by atomic mass is 10.1. The van der Waals surface area contributed by atoms with E-state index in [2.05, 4.69) is 5.32 Å². The zero-order chi connectivity index (χ0) is 18.8. The smallest absolute Gasteiger partial charge is 0.263 e. The minimum atomic E-state index is -0.534. The van der Waals surface area contributed by atoms with E-state index in [0.29, 0.717) is 28.6 Å². The van der Waals surface area contributed by atoms with E-state index in [0.717, 1.165) is 5.56 Å². The van der Waals surface area contributed by atoms with Crippen molar-refractivity contribution in [2.24, 2.45) is 0 Å². The highest BCUT2D eigenvalue weighted by molar-refractivity contribution is 6.30. The molecule has 0 fully saturated rings. The second-order valence-electron chi connectivity index (χ2n) is 6.60. The third-order valence-electron chi connectivity index (χ3n) is 4.32. The molecule has 26 heavy (non-hydrogen) atoms. The summed E-state index contributed by atoms with van der Waals surface area (Å²) in [6, 6.07) is 12.2. The van der Waals surface area contributed by atoms with Crippen molar-refractivity contribution in [3.63, 3.8) is 0 Å². The molecule has 1 unspecified atom stereocenters. The molecular weight excluding hydrogens is 352 g/mol. The number of ether oxygens (including phenoxy) is 1. The van der Waals surface area contributed by atoms with Crippen molar-refractivity contribution in [2.75, 3.05) is 5.32 Å². The maximum absolute atomic E-state index is 12.5. The first-order valence-corrected chi connectivity index (χ1v) is 8.90. The van der Waals surface area contributed by atoms with Crippen molar-refractivity contribution in [2.45, 2.75) is 39.5 Å². The van der Waals surface area contributed by atoms with Crippen LogP contribution >= 0.6 is 11.6 Å². The van der Waals surface area contributed by atoms with Crippen LogP contribution in [-0.4, -0.2) is 28.9 Å². The van der Waals surface area contributed by atoms with Crippen molar-refractivity contribution in [1.82, 2.24) is 4.90 Å². The molecule has 0 saturated carbocycles. The summed E-state index contributed by atoms with van der Waals surface area (Å²) in [7, 11) is 0. The van der Waals surface area contributed by atoms with Gasteiger partial charge in [-0.05, 0) is 63.2 Å². The number of rotatable bonds is 3. The van der Waals surface area contributed by atoms with Gasteiger partial charge in [0.15, 0.2) is 6.10 Å². The molecule has 0 radical (unpaired) electrons. The number of fused-ring (bicyclic) bond motifs is 1. The highest BCUT2D eigenvalue weighted by Gasteiger charge is 2.29. The fourth-order valence-corrected chi connectivity index (χ4v) is 3.00. The van der Waals surface area contributed by atoms with Gasteiger partial charge in [0, 0.05) is 34.4 Å². The number of hydrogen-bond acceptors (Lipinski definition) is 3. The van der Waals surface area contributed by atoms with Crippen molar-refractivity contribution >= 4 is 29.1 Å². The van der Waals surface area contributed by atoms with Crippen LogP contribution in [0.2, 0.25) is 5.02 Å². The molecule has 2 aromatic carbocycles. The average Bonchev–Trinajstić information content (AvgIpc) is 2.72. The Morgan fingerprint density at radius 2 is 1.92 bits per heavy atom. The molecule has 3 rings (SSSR count). The quantitative estimate of drug-likeness (QED) is 0.882. The van der Waals surface area contributed by atoms with Gasteiger partial charge in [-0.1, -0.05) is 11.6 Å². The van der Waals surface area contributed by atoms with Gasteiger partial charge in [0.05, 0.1) is 0 Å². The SMILES string of the molecule is CC1Oc2ccc(NC(=O)c3ccc(Cl)cc3)cc2CN(C(C)C)C1=O. The Hall–Kier alpha value is -2.53. The molecule has 0 aromatic heterocycles. The van der Waals surface area contributed by atoms with Crippen LogP contribution in [0.5, 0.6) is 5.75 Å². The fourth-order valence-electron chi connectivity index (χ4n) is 2.87. The average molecular weight is 373 g/mol. The van der Waals surface area contributed by atoms with Gasteiger partial charge < -0.3 is 15.0 Å². The van der Waals surface area contributed by atoms with Gasteiger partial charge in [0.1, 0.15) is 5.75 Å². The summed E-state index contributed by atoms with van der Waals surface area (Å²) in [5, 5.41) is 3.45. The second kappa shape index (κ2) is 7.38. The number of hydrogen-bond donors (Lipinski definition) is 1. The summed E-state index contributed by atoms with van der Waals surface area (Å²) in [4.78, 5) is 26.6. The van der Waals surface area contributed by atoms with E-state index in [1.165, 1.54) is 0 Å². The number of amides is 2. The first-order chi connectivity index (χ1) is 12.3.